The van der Waals surface area contributed by atoms with Crippen LogP contribution in [0.5, 0.6) is 0 Å². The molecule has 2 aromatic rings. The fourth-order valence-electron chi connectivity index (χ4n) is 1.64. The fourth-order valence-corrected chi connectivity index (χ4v) is 2.50. The van der Waals surface area contributed by atoms with E-state index in [-0.39, 0.29) is 11.9 Å². The molecule has 0 atom stereocenters. The molecule has 1 heterocycles. The second-order valence-electron chi connectivity index (χ2n) is 4.40. The molecule has 0 saturated heterocycles. The SMILES string of the molecule is CNC(=O)Nc1nc(CCC(=O)Nc2ccc(Cl)cc2)cs1. The first kappa shape index (κ1) is 16.3. The minimum atomic E-state index is -0.318. The van der Waals surface area contributed by atoms with E-state index in [1.807, 2.05) is 5.38 Å². The van der Waals surface area contributed by atoms with Crippen molar-refractivity contribution >= 4 is 45.7 Å². The van der Waals surface area contributed by atoms with E-state index in [0.29, 0.717) is 28.7 Å². The zero-order valence-corrected chi connectivity index (χ0v) is 13.4. The highest BCUT2D eigenvalue weighted by molar-refractivity contribution is 7.13. The number of rotatable bonds is 5. The number of aromatic nitrogens is 1. The van der Waals surface area contributed by atoms with Gasteiger partial charge in [-0.05, 0) is 30.7 Å². The molecule has 6 nitrogen and oxygen atoms in total. The maximum Gasteiger partial charge on any atom is 0.320 e. The zero-order chi connectivity index (χ0) is 15.9. The van der Waals surface area contributed by atoms with Gasteiger partial charge in [0.1, 0.15) is 0 Å². The van der Waals surface area contributed by atoms with E-state index in [4.69, 9.17) is 11.6 Å². The largest absolute Gasteiger partial charge is 0.341 e. The van der Waals surface area contributed by atoms with E-state index in [1.54, 1.807) is 24.3 Å². The van der Waals surface area contributed by atoms with Gasteiger partial charge in [-0.25, -0.2) is 9.78 Å². The van der Waals surface area contributed by atoms with Gasteiger partial charge in [-0.1, -0.05) is 11.6 Å². The van der Waals surface area contributed by atoms with Crippen LogP contribution in [0, 0.1) is 0 Å². The maximum absolute atomic E-state index is 11.9. The summed E-state index contributed by atoms with van der Waals surface area (Å²) in [5.74, 6) is -0.101. The average molecular weight is 339 g/mol. The minimum Gasteiger partial charge on any atom is -0.341 e. The fraction of sp³-hybridized carbons (Fsp3) is 0.214. The monoisotopic (exact) mass is 338 g/mol. The maximum atomic E-state index is 11.9. The molecular formula is C14H15ClN4O2S. The van der Waals surface area contributed by atoms with Crippen LogP contribution in [0.3, 0.4) is 0 Å². The number of aryl methyl sites for hydroxylation is 1. The van der Waals surface area contributed by atoms with Crippen LogP contribution in [-0.2, 0) is 11.2 Å². The van der Waals surface area contributed by atoms with Gasteiger partial charge in [0.15, 0.2) is 5.13 Å². The van der Waals surface area contributed by atoms with Gasteiger partial charge in [0.2, 0.25) is 5.91 Å². The third-order valence-electron chi connectivity index (χ3n) is 2.74. The molecule has 8 heteroatoms. The Labute approximate surface area is 136 Å². The number of carbonyl (C=O) groups excluding carboxylic acids is 2. The van der Waals surface area contributed by atoms with Crippen molar-refractivity contribution in [2.45, 2.75) is 12.8 Å². The number of hydrogen-bond acceptors (Lipinski definition) is 4. The predicted molar refractivity (Wildman–Crippen MR) is 88.6 cm³/mol. The van der Waals surface area contributed by atoms with Crippen molar-refractivity contribution in [2.75, 3.05) is 17.7 Å². The summed E-state index contributed by atoms with van der Waals surface area (Å²) in [6, 6.07) is 6.60. The Balaban J connectivity index is 1.81. The summed E-state index contributed by atoms with van der Waals surface area (Å²) in [6.07, 6.45) is 0.817. The van der Waals surface area contributed by atoms with Gasteiger partial charge in [-0.15, -0.1) is 11.3 Å². The Morgan fingerprint density at radius 2 is 1.95 bits per heavy atom. The van der Waals surface area contributed by atoms with E-state index in [1.165, 1.54) is 18.4 Å². The van der Waals surface area contributed by atoms with E-state index < -0.39 is 0 Å². The number of hydrogen-bond donors (Lipinski definition) is 3. The van der Waals surface area contributed by atoms with Gasteiger partial charge in [-0.2, -0.15) is 0 Å². The Morgan fingerprint density at radius 3 is 2.64 bits per heavy atom. The number of amides is 3. The van der Waals surface area contributed by atoms with Crippen molar-refractivity contribution in [1.29, 1.82) is 0 Å². The van der Waals surface area contributed by atoms with Gasteiger partial charge in [0, 0.05) is 29.6 Å². The van der Waals surface area contributed by atoms with Crippen molar-refractivity contribution in [3.05, 3.63) is 40.4 Å². The number of anilines is 2. The number of carbonyl (C=O) groups is 2. The predicted octanol–water partition coefficient (Wildman–Crippen LogP) is 3.12. The molecule has 0 saturated carbocycles. The molecule has 0 bridgehead atoms. The second-order valence-corrected chi connectivity index (χ2v) is 5.70. The average Bonchev–Trinajstić information content (AvgIpc) is 2.95. The van der Waals surface area contributed by atoms with Crippen LogP contribution in [0.4, 0.5) is 15.6 Å². The summed E-state index contributed by atoms with van der Waals surface area (Å²) in [7, 11) is 1.53. The molecule has 3 N–H and O–H groups in total. The first-order chi connectivity index (χ1) is 10.6. The van der Waals surface area contributed by atoms with Crippen LogP contribution in [-0.4, -0.2) is 24.0 Å². The molecule has 0 radical (unpaired) electrons. The van der Waals surface area contributed by atoms with E-state index in [9.17, 15) is 9.59 Å². The van der Waals surface area contributed by atoms with Gasteiger partial charge >= 0.3 is 6.03 Å². The second kappa shape index (κ2) is 7.77. The van der Waals surface area contributed by atoms with Crippen LogP contribution in [0.25, 0.3) is 0 Å². The van der Waals surface area contributed by atoms with Crippen LogP contribution >= 0.6 is 22.9 Å². The number of benzene rings is 1. The van der Waals surface area contributed by atoms with Gasteiger partial charge in [-0.3, -0.25) is 10.1 Å². The van der Waals surface area contributed by atoms with Gasteiger partial charge in [0.25, 0.3) is 0 Å². The number of nitrogens with one attached hydrogen (secondary N) is 3. The smallest absolute Gasteiger partial charge is 0.320 e. The Kier molecular flexibility index (Phi) is 5.74. The van der Waals surface area contributed by atoms with Crippen molar-refractivity contribution in [3.8, 4) is 0 Å². The molecule has 3 amide bonds. The van der Waals surface area contributed by atoms with Gasteiger partial charge in [0.05, 0.1) is 5.69 Å². The standard InChI is InChI=1S/C14H15ClN4O2S/c1-16-13(21)19-14-18-11(8-22-14)6-7-12(20)17-10-4-2-9(15)3-5-10/h2-5,8H,6-7H2,1H3,(H,17,20)(H2,16,18,19,21). The Bertz CT molecular complexity index is 657. The molecule has 0 spiro atoms. The van der Waals surface area contributed by atoms with E-state index in [0.717, 1.165) is 5.69 Å². The third kappa shape index (κ3) is 5.01. The number of nitrogens with zero attached hydrogens (tertiary/aromatic N) is 1. The molecular weight excluding hydrogens is 324 g/mol. The molecule has 0 aliphatic rings. The lowest BCUT2D eigenvalue weighted by Crippen LogP contribution is -2.24. The highest BCUT2D eigenvalue weighted by atomic mass is 35.5. The molecule has 0 aliphatic carbocycles. The molecule has 0 aliphatic heterocycles. The summed E-state index contributed by atoms with van der Waals surface area (Å²) in [5.41, 5.74) is 1.47. The lowest BCUT2D eigenvalue weighted by atomic mass is 10.2. The van der Waals surface area contributed by atoms with Crippen molar-refractivity contribution < 1.29 is 9.59 Å². The molecule has 1 aromatic heterocycles. The summed E-state index contributed by atoms with van der Waals surface area (Å²) >= 11 is 7.11. The van der Waals surface area contributed by atoms with E-state index >= 15 is 0 Å². The van der Waals surface area contributed by atoms with Crippen molar-refractivity contribution in [2.24, 2.45) is 0 Å². The lowest BCUT2D eigenvalue weighted by molar-refractivity contribution is -0.116. The minimum absolute atomic E-state index is 0.101. The molecule has 1 aromatic carbocycles. The van der Waals surface area contributed by atoms with Crippen LogP contribution in [0.1, 0.15) is 12.1 Å². The summed E-state index contributed by atoms with van der Waals surface area (Å²) in [5, 5.41) is 10.8. The normalized spacial score (nSPS) is 10.1. The van der Waals surface area contributed by atoms with Crippen LogP contribution in [0.2, 0.25) is 5.02 Å². The highest BCUT2D eigenvalue weighted by Gasteiger charge is 2.08. The van der Waals surface area contributed by atoms with Crippen molar-refractivity contribution in [1.82, 2.24) is 10.3 Å². The zero-order valence-electron chi connectivity index (χ0n) is 11.9. The lowest BCUT2D eigenvalue weighted by Gasteiger charge is -2.04. The van der Waals surface area contributed by atoms with Crippen LogP contribution in [0.15, 0.2) is 29.6 Å². The van der Waals surface area contributed by atoms with Crippen LogP contribution < -0.4 is 16.0 Å². The van der Waals surface area contributed by atoms with Crippen molar-refractivity contribution in [3.63, 3.8) is 0 Å². The number of thiazole rings is 1. The summed E-state index contributed by atoms with van der Waals surface area (Å²) in [4.78, 5) is 27.2. The topological polar surface area (TPSA) is 83.1 Å². The summed E-state index contributed by atoms with van der Waals surface area (Å²) < 4.78 is 0. The molecule has 116 valence electrons. The molecule has 0 unspecified atom stereocenters. The third-order valence-corrected chi connectivity index (χ3v) is 3.79. The summed E-state index contributed by atoms with van der Waals surface area (Å²) in [6.45, 7) is 0. The highest BCUT2D eigenvalue weighted by Crippen LogP contribution is 2.17. The first-order valence-corrected chi connectivity index (χ1v) is 7.81. The van der Waals surface area contributed by atoms with E-state index in [2.05, 4.69) is 20.9 Å². The Hall–Kier alpha value is -2.12. The number of urea groups is 1. The quantitative estimate of drug-likeness (QED) is 0.783. The number of halogens is 1. The molecule has 0 fully saturated rings. The molecule has 2 rings (SSSR count). The molecule has 22 heavy (non-hydrogen) atoms. The first-order valence-electron chi connectivity index (χ1n) is 6.55. The Morgan fingerprint density at radius 1 is 1.23 bits per heavy atom. The van der Waals surface area contributed by atoms with Gasteiger partial charge < -0.3 is 10.6 Å².